The molecular weight excluding hydrogens is 757 g/mol. The molecule has 3 aliphatic rings. The van der Waals surface area contributed by atoms with Gasteiger partial charge in [-0.1, -0.05) is 85.0 Å². The summed E-state index contributed by atoms with van der Waals surface area (Å²) in [5.74, 6) is -0.280. The Balaban J connectivity index is 1.17. The molecule has 1 spiro atoms. The Labute approximate surface area is 337 Å². The molecule has 15 heteroatoms. The predicted octanol–water partition coefficient (Wildman–Crippen LogP) is 6.13. The SMILES string of the molecule is COc1ccc([Si](C)(C)[C@@H]2[C@@H](CCn3cc(C(CO)c4ccccc4)nn3)O[C@]3(C(=O)N(Cc4cccc(N5CCOC5=O)c4)c4ccc([N+](=O)[O-])cc43)[C@H]2C)cc1. The largest absolute Gasteiger partial charge is 0.497 e. The average Bonchev–Trinajstić information content (AvgIpc) is 4.01. The summed E-state index contributed by atoms with van der Waals surface area (Å²) in [6, 6.07) is 29.8. The monoisotopic (exact) mass is 802 g/mol. The Morgan fingerprint density at radius 3 is 2.50 bits per heavy atom. The molecule has 0 saturated carbocycles. The first-order valence-corrected chi connectivity index (χ1v) is 22.6. The molecule has 4 heterocycles. The molecule has 4 aromatic carbocycles. The molecule has 58 heavy (non-hydrogen) atoms. The maximum Gasteiger partial charge on any atom is 0.414 e. The number of benzene rings is 4. The van der Waals surface area contributed by atoms with Crippen molar-refractivity contribution in [3.05, 3.63) is 136 Å². The Morgan fingerprint density at radius 1 is 1.03 bits per heavy atom. The number of nitrogens with zero attached hydrogens (tertiary/aromatic N) is 6. The summed E-state index contributed by atoms with van der Waals surface area (Å²) >= 11 is 0. The van der Waals surface area contributed by atoms with Crippen molar-refractivity contribution in [1.82, 2.24) is 15.0 Å². The number of hydrogen-bond donors (Lipinski definition) is 1. The van der Waals surface area contributed by atoms with Gasteiger partial charge in [-0.05, 0) is 53.4 Å². The maximum atomic E-state index is 15.3. The number of nitro groups is 1. The lowest BCUT2D eigenvalue weighted by Gasteiger charge is -2.37. The van der Waals surface area contributed by atoms with Crippen molar-refractivity contribution in [1.29, 1.82) is 0 Å². The lowest BCUT2D eigenvalue weighted by Crippen LogP contribution is -2.51. The van der Waals surface area contributed by atoms with Crippen molar-refractivity contribution in [2.45, 2.75) is 62.7 Å². The number of nitro benzene ring substituents is 1. The molecule has 5 aromatic rings. The number of cyclic esters (lactones) is 1. The fourth-order valence-electron chi connectivity index (χ4n) is 9.37. The van der Waals surface area contributed by atoms with Crippen molar-refractivity contribution in [2.24, 2.45) is 5.92 Å². The minimum atomic E-state index is -2.53. The number of methoxy groups -OCH3 is 1. The molecule has 0 bridgehead atoms. The van der Waals surface area contributed by atoms with Gasteiger partial charge in [0.25, 0.3) is 11.6 Å². The van der Waals surface area contributed by atoms with Gasteiger partial charge >= 0.3 is 6.09 Å². The first-order valence-electron chi connectivity index (χ1n) is 19.5. The van der Waals surface area contributed by atoms with E-state index in [0.29, 0.717) is 48.7 Å². The van der Waals surface area contributed by atoms with Crippen LogP contribution in [0.2, 0.25) is 18.6 Å². The Bertz CT molecular complexity index is 2340. The summed E-state index contributed by atoms with van der Waals surface area (Å²) in [6.07, 6.45) is 1.45. The van der Waals surface area contributed by atoms with Gasteiger partial charge in [-0.2, -0.15) is 0 Å². The van der Waals surface area contributed by atoms with Gasteiger partial charge in [0.1, 0.15) is 12.4 Å². The van der Waals surface area contributed by atoms with E-state index in [-0.39, 0.29) is 36.2 Å². The van der Waals surface area contributed by atoms with Gasteiger partial charge in [0, 0.05) is 42.0 Å². The number of hydrogen-bond acceptors (Lipinski definition) is 10. The quantitative estimate of drug-likeness (QED) is 0.0833. The number of carbonyl (C=O) groups is 2. The molecule has 1 aromatic heterocycles. The second-order valence-electron chi connectivity index (χ2n) is 15.8. The number of aliphatic hydroxyl groups is 1. The molecule has 5 atom stereocenters. The molecule has 8 rings (SSSR count). The van der Waals surface area contributed by atoms with Crippen LogP contribution in [0.25, 0.3) is 0 Å². The summed E-state index contributed by atoms with van der Waals surface area (Å²) in [4.78, 5) is 42.8. The molecular formula is C43H46N6O8Si. The molecule has 2 saturated heterocycles. The van der Waals surface area contributed by atoms with Crippen molar-refractivity contribution >= 4 is 42.3 Å². The Hall–Kier alpha value is -5.90. The van der Waals surface area contributed by atoms with Gasteiger partial charge in [0.15, 0.2) is 5.60 Å². The number of carbonyl (C=O) groups excluding carboxylic acids is 2. The zero-order valence-corrected chi connectivity index (χ0v) is 33.9. The number of aromatic nitrogens is 3. The van der Waals surface area contributed by atoms with Gasteiger partial charge in [0.05, 0.1) is 63.2 Å². The third-order valence-corrected chi connectivity index (χ3v) is 16.7. The molecule has 3 aliphatic heterocycles. The van der Waals surface area contributed by atoms with Crippen LogP contribution >= 0.6 is 0 Å². The van der Waals surface area contributed by atoms with Crippen LogP contribution in [0, 0.1) is 16.0 Å². The third kappa shape index (κ3) is 6.72. The summed E-state index contributed by atoms with van der Waals surface area (Å²) in [5, 5.41) is 32.6. The van der Waals surface area contributed by atoms with Gasteiger partial charge in [0.2, 0.25) is 0 Å². The van der Waals surface area contributed by atoms with Gasteiger partial charge in [-0.15, -0.1) is 5.10 Å². The van der Waals surface area contributed by atoms with E-state index in [1.165, 1.54) is 12.1 Å². The zero-order chi connectivity index (χ0) is 40.8. The number of aryl methyl sites for hydroxylation is 1. The standard InChI is InChI=1S/C43H46N6O8Si/c1-28-40(58(3,4)34-16-14-33(55-2)15-17-34)39(19-20-46-26-37(44-45-46)35(27-50)30-10-6-5-7-11-30)57-43(28)36-24-32(49(53)54)13-18-38(36)48(41(43)51)25-29-9-8-12-31(23-29)47-21-22-56-42(47)52/h5-18,23-24,26,28,35,39-40,50H,19-22,25,27H2,1-4H3/t28-,35?,39+,40-,43+/m0/s1. The normalized spacial score (nSPS) is 22.1. The highest BCUT2D eigenvalue weighted by Gasteiger charge is 2.66. The molecule has 300 valence electrons. The summed E-state index contributed by atoms with van der Waals surface area (Å²) in [5.41, 5.74) is 2.26. The van der Waals surface area contributed by atoms with Gasteiger partial charge < -0.3 is 24.2 Å². The number of fused-ring (bicyclic) bond motifs is 2. The van der Waals surface area contributed by atoms with Gasteiger partial charge in [-0.25, -0.2) is 4.79 Å². The van der Waals surface area contributed by atoms with Crippen molar-refractivity contribution in [3.8, 4) is 5.75 Å². The molecule has 0 aliphatic carbocycles. The van der Waals surface area contributed by atoms with E-state index in [1.54, 1.807) is 27.7 Å². The fraction of sp³-hybridized carbons (Fsp3) is 0.349. The highest BCUT2D eigenvalue weighted by molar-refractivity contribution is 6.91. The Kier molecular flexibility index (Phi) is 10.4. The lowest BCUT2D eigenvalue weighted by atomic mass is 9.82. The predicted molar refractivity (Wildman–Crippen MR) is 219 cm³/mol. The van der Waals surface area contributed by atoms with Crippen LogP contribution in [0.1, 0.15) is 41.6 Å². The van der Waals surface area contributed by atoms with Crippen LogP contribution in [-0.2, 0) is 33.0 Å². The highest BCUT2D eigenvalue weighted by Crippen LogP contribution is 2.60. The third-order valence-electron chi connectivity index (χ3n) is 12.3. The van der Waals surface area contributed by atoms with Crippen molar-refractivity contribution in [3.63, 3.8) is 0 Å². The van der Waals surface area contributed by atoms with E-state index < -0.39 is 36.7 Å². The number of aliphatic hydroxyl groups excluding tert-OH is 1. The topological polar surface area (TPSA) is 162 Å². The van der Waals surface area contributed by atoms with Crippen molar-refractivity contribution in [2.75, 3.05) is 36.7 Å². The van der Waals surface area contributed by atoms with E-state index >= 15 is 4.79 Å². The molecule has 2 fully saturated rings. The first-order chi connectivity index (χ1) is 28.0. The number of rotatable bonds is 13. The van der Waals surface area contributed by atoms with Gasteiger partial charge in [-0.3, -0.25) is 24.5 Å². The number of anilines is 2. The van der Waals surface area contributed by atoms with E-state index in [9.17, 15) is 20.0 Å². The van der Waals surface area contributed by atoms with Crippen LogP contribution in [-0.4, -0.2) is 78.1 Å². The maximum absolute atomic E-state index is 15.3. The summed E-state index contributed by atoms with van der Waals surface area (Å²) in [6.45, 7) is 7.78. The second kappa shape index (κ2) is 15.5. The zero-order valence-electron chi connectivity index (χ0n) is 32.9. The number of ether oxygens (including phenoxy) is 3. The molecule has 0 radical (unpaired) electrons. The number of amides is 2. The first kappa shape index (κ1) is 38.9. The van der Waals surface area contributed by atoms with E-state index in [0.717, 1.165) is 22.1 Å². The lowest BCUT2D eigenvalue weighted by molar-refractivity contribution is -0.385. The number of non-ortho nitro benzene ring substituents is 1. The van der Waals surface area contributed by atoms with Crippen molar-refractivity contribution < 1.29 is 33.8 Å². The van der Waals surface area contributed by atoms with E-state index in [1.807, 2.05) is 79.9 Å². The van der Waals surface area contributed by atoms with E-state index in [2.05, 4.69) is 35.5 Å². The van der Waals surface area contributed by atoms with Crippen LogP contribution in [0.15, 0.2) is 103 Å². The minimum absolute atomic E-state index is 0.126. The van der Waals surface area contributed by atoms with Crippen LogP contribution in [0.4, 0.5) is 21.9 Å². The smallest absolute Gasteiger partial charge is 0.414 e. The average molecular weight is 803 g/mol. The molecule has 1 N–H and O–H groups in total. The summed E-state index contributed by atoms with van der Waals surface area (Å²) < 4.78 is 19.6. The fourth-order valence-corrected chi connectivity index (χ4v) is 13.4. The van der Waals surface area contributed by atoms with Crippen LogP contribution in [0.3, 0.4) is 0 Å². The molecule has 14 nitrogen and oxygen atoms in total. The van der Waals surface area contributed by atoms with Crippen LogP contribution < -0.4 is 19.7 Å². The molecule has 2 amide bonds. The van der Waals surface area contributed by atoms with E-state index in [4.69, 9.17) is 14.2 Å². The minimum Gasteiger partial charge on any atom is -0.497 e. The second-order valence-corrected chi connectivity index (χ2v) is 20.5. The van der Waals surface area contributed by atoms with Crippen LogP contribution in [0.5, 0.6) is 5.75 Å². The summed E-state index contributed by atoms with van der Waals surface area (Å²) in [7, 11) is -0.895. The Morgan fingerprint density at radius 2 is 1.81 bits per heavy atom. The highest BCUT2D eigenvalue weighted by atomic mass is 28.3. The molecule has 1 unspecified atom stereocenters.